The number of hydrogen-bond acceptors (Lipinski definition) is 5. The second-order valence-corrected chi connectivity index (χ2v) is 11.5. The molecular weight excluding hydrogens is 608 g/mol. The number of aromatic nitrogens is 4. The van der Waals surface area contributed by atoms with E-state index in [4.69, 9.17) is 4.74 Å². The summed E-state index contributed by atoms with van der Waals surface area (Å²) in [6, 6.07) is 16.7. The van der Waals surface area contributed by atoms with E-state index in [-0.39, 0.29) is 45.9 Å². The van der Waals surface area contributed by atoms with E-state index >= 15 is 0 Å². The summed E-state index contributed by atoms with van der Waals surface area (Å²) in [6.07, 6.45) is 26.6. The summed E-state index contributed by atoms with van der Waals surface area (Å²) < 4.78 is 4.94. The Labute approximate surface area is 287 Å². The van der Waals surface area contributed by atoms with Crippen molar-refractivity contribution in [1.29, 1.82) is 0 Å². The van der Waals surface area contributed by atoms with Crippen LogP contribution in [0.2, 0.25) is 0 Å². The van der Waals surface area contributed by atoms with Crippen LogP contribution in [-0.4, -0.2) is 62.2 Å². The first-order valence-corrected chi connectivity index (χ1v) is 16.3. The SMILES string of the molecule is C(=N[C@H]1CCCC[C@@H]1N=Cc1ccc[n-]1)c1ccc[n-]1.C(=N[C@H]1CCCC[C@@H]1N=Cc1ccc[n-]1)c1ccc[n-]1.C1CCOC1.[Ti+4]. The van der Waals surface area contributed by atoms with Gasteiger partial charge in [0.1, 0.15) is 0 Å². The minimum Gasteiger partial charge on any atom is -0.663 e. The second kappa shape index (κ2) is 20.6. The van der Waals surface area contributed by atoms with E-state index in [1.54, 1.807) is 24.8 Å². The van der Waals surface area contributed by atoms with Crippen molar-refractivity contribution in [1.82, 2.24) is 19.9 Å². The maximum absolute atomic E-state index is 4.94. The van der Waals surface area contributed by atoms with E-state index in [1.807, 2.05) is 73.4 Å². The number of aliphatic imine (C=N–C) groups is 4. The van der Waals surface area contributed by atoms with Gasteiger partial charge < -0.3 is 24.7 Å². The van der Waals surface area contributed by atoms with Crippen molar-refractivity contribution < 1.29 is 26.5 Å². The normalized spacial score (nSPS) is 23.3. The van der Waals surface area contributed by atoms with Crippen LogP contribution < -0.4 is 19.9 Å². The fourth-order valence-electron chi connectivity index (χ4n) is 5.64. The van der Waals surface area contributed by atoms with Crippen LogP contribution in [0.3, 0.4) is 0 Å². The molecule has 0 aromatic carbocycles. The molecule has 238 valence electrons. The van der Waals surface area contributed by atoms with E-state index in [0.717, 1.165) is 61.7 Å². The third-order valence-electron chi connectivity index (χ3n) is 8.11. The molecule has 0 N–H and O–H groups in total. The topological polar surface area (TPSA) is 115 Å². The average Bonchev–Trinajstić information content (AvgIpc) is 3.94. The van der Waals surface area contributed by atoms with E-state index < -0.39 is 0 Å². The van der Waals surface area contributed by atoms with Crippen molar-refractivity contribution in [2.45, 2.75) is 88.4 Å². The van der Waals surface area contributed by atoms with Crippen molar-refractivity contribution in [2.24, 2.45) is 20.0 Å². The van der Waals surface area contributed by atoms with Gasteiger partial charge in [-0.1, -0.05) is 74.2 Å². The third-order valence-corrected chi connectivity index (χ3v) is 8.11. The zero-order valence-corrected chi connectivity index (χ0v) is 28.1. The minimum atomic E-state index is 0. The Morgan fingerprint density at radius 1 is 0.457 bits per heavy atom. The first-order chi connectivity index (χ1) is 22.3. The molecule has 2 saturated carbocycles. The molecule has 4 aromatic heterocycles. The monoisotopic (exact) mass is 652 g/mol. The first-order valence-electron chi connectivity index (χ1n) is 16.3. The molecule has 4 aromatic rings. The molecule has 3 fully saturated rings. The summed E-state index contributed by atoms with van der Waals surface area (Å²) in [5.41, 5.74) is 3.71. The molecule has 46 heavy (non-hydrogen) atoms. The maximum Gasteiger partial charge on any atom is 4.00 e. The molecule has 10 heteroatoms. The van der Waals surface area contributed by atoms with Gasteiger partial charge in [0.25, 0.3) is 0 Å². The van der Waals surface area contributed by atoms with Crippen LogP contribution >= 0.6 is 0 Å². The third kappa shape index (κ3) is 12.3. The Morgan fingerprint density at radius 2 is 0.739 bits per heavy atom. The maximum atomic E-state index is 4.94. The van der Waals surface area contributed by atoms with Crippen LogP contribution in [-0.2, 0) is 26.5 Å². The summed E-state index contributed by atoms with van der Waals surface area (Å²) in [6.45, 7) is 2.00. The van der Waals surface area contributed by atoms with Crippen molar-refractivity contribution in [3.05, 3.63) is 96.1 Å². The number of nitrogens with zero attached hydrogens (tertiary/aromatic N) is 8. The van der Waals surface area contributed by atoms with Gasteiger partial charge in [0.05, 0.1) is 24.2 Å². The summed E-state index contributed by atoms with van der Waals surface area (Å²) >= 11 is 0. The zero-order chi connectivity index (χ0) is 30.8. The Kier molecular flexibility index (Phi) is 15.8. The Hall–Kier alpha value is -3.53. The van der Waals surface area contributed by atoms with Gasteiger partial charge in [-0.2, -0.15) is 24.8 Å². The fraction of sp³-hybridized carbons (Fsp3) is 0.444. The van der Waals surface area contributed by atoms with Crippen LogP contribution in [0.15, 0.2) is 93.3 Å². The molecule has 0 amide bonds. The smallest absolute Gasteiger partial charge is 0.663 e. The van der Waals surface area contributed by atoms with E-state index in [2.05, 4.69) is 39.9 Å². The molecule has 0 bridgehead atoms. The Morgan fingerprint density at radius 3 is 0.935 bits per heavy atom. The summed E-state index contributed by atoms with van der Waals surface area (Å²) in [7, 11) is 0. The van der Waals surface area contributed by atoms with Crippen LogP contribution in [0, 0.1) is 0 Å². The standard InChI is InChI=1S/2C16H18N4.C4H8O.Ti/c2*1-2-8-16(20-12-14-6-4-10-18-14)15(7-1)19-11-13-5-3-9-17-13;1-2-4-5-3-1;/h2*3-6,9-12,15-16H,1-2,7-8H2;1-4H2;/q2*-2;;+4/t2*15-,16-;;/m00../s1. The first kappa shape index (κ1) is 35.3. The largest absolute Gasteiger partial charge is 4.00 e. The van der Waals surface area contributed by atoms with Crippen molar-refractivity contribution in [3.63, 3.8) is 0 Å². The molecule has 0 unspecified atom stereocenters. The van der Waals surface area contributed by atoms with Gasteiger partial charge in [0.15, 0.2) is 0 Å². The van der Waals surface area contributed by atoms with E-state index in [1.165, 1.54) is 38.5 Å². The molecule has 3 aliphatic rings. The zero-order valence-electron chi connectivity index (χ0n) is 26.5. The molecule has 1 saturated heterocycles. The molecule has 2 aliphatic carbocycles. The van der Waals surface area contributed by atoms with Crippen molar-refractivity contribution in [3.8, 4) is 0 Å². The molecule has 4 atom stereocenters. The molecule has 9 nitrogen and oxygen atoms in total. The Bertz CT molecular complexity index is 1190. The predicted molar refractivity (Wildman–Crippen MR) is 182 cm³/mol. The quantitative estimate of drug-likeness (QED) is 0.179. The Balaban J connectivity index is 0.000000178. The van der Waals surface area contributed by atoms with Gasteiger partial charge in [-0.3, -0.25) is 20.0 Å². The molecule has 7 rings (SSSR count). The minimum absolute atomic E-state index is 0. The van der Waals surface area contributed by atoms with E-state index in [0.29, 0.717) is 0 Å². The second-order valence-electron chi connectivity index (χ2n) is 11.5. The molecule has 1 aliphatic heterocycles. The van der Waals surface area contributed by atoms with Crippen LogP contribution in [0.5, 0.6) is 0 Å². The molecule has 0 spiro atoms. The summed E-state index contributed by atoms with van der Waals surface area (Å²) in [5.74, 6) is 0. The number of hydrogen-bond donors (Lipinski definition) is 0. The fourth-order valence-corrected chi connectivity index (χ4v) is 5.64. The van der Waals surface area contributed by atoms with Crippen LogP contribution in [0.1, 0.15) is 87.0 Å². The van der Waals surface area contributed by atoms with Crippen LogP contribution in [0.25, 0.3) is 0 Å². The van der Waals surface area contributed by atoms with Crippen LogP contribution in [0.4, 0.5) is 0 Å². The van der Waals surface area contributed by atoms with E-state index in [9.17, 15) is 0 Å². The number of ether oxygens (including phenoxy) is 1. The van der Waals surface area contributed by atoms with Crippen molar-refractivity contribution >= 4 is 24.9 Å². The average molecular weight is 653 g/mol. The number of rotatable bonds is 8. The van der Waals surface area contributed by atoms with Gasteiger partial charge >= 0.3 is 21.7 Å². The van der Waals surface area contributed by atoms with Gasteiger partial charge in [0, 0.05) is 38.1 Å². The van der Waals surface area contributed by atoms with Gasteiger partial charge in [-0.05, 0) is 38.5 Å². The predicted octanol–water partition coefficient (Wildman–Crippen LogP) is 5.69. The van der Waals surface area contributed by atoms with Gasteiger partial charge in [0.2, 0.25) is 0 Å². The van der Waals surface area contributed by atoms with Gasteiger partial charge in [-0.25, -0.2) is 0 Å². The summed E-state index contributed by atoms with van der Waals surface area (Å²) in [5, 5.41) is 0. The molecule has 0 radical (unpaired) electrons. The van der Waals surface area contributed by atoms with Gasteiger partial charge in [-0.15, -0.1) is 22.8 Å². The van der Waals surface area contributed by atoms with Crippen molar-refractivity contribution in [2.75, 3.05) is 13.2 Å². The molecular formula is C36H44N8OTi. The summed E-state index contributed by atoms with van der Waals surface area (Å²) in [4.78, 5) is 35.6. The molecule has 5 heterocycles.